The minimum absolute atomic E-state index is 0.163. The standard InChI is InChI=1S/C23H18N2O5/c1-29-23(28)21-11-10-18(30-21)14-25-13-16(19-4-2-3-5-20(19)25)12-24-17-8-6-15(7-9-17)22(26)27/h2-13H,14H2,1H3,(H,26,27). The molecule has 0 aliphatic heterocycles. The normalized spacial score (nSPS) is 11.2. The van der Waals surface area contributed by atoms with Gasteiger partial charge in [-0.05, 0) is 42.5 Å². The molecule has 150 valence electrons. The van der Waals surface area contributed by atoms with Gasteiger partial charge < -0.3 is 18.8 Å². The topological polar surface area (TPSA) is 94.0 Å². The molecular weight excluding hydrogens is 384 g/mol. The number of hydrogen-bond donors (Lipinski definition) is 1. The van der Waals surface area contributed by atoms with Crippen molar-refractivity contribution in [2.24, 2.45) is 4.99 Å². The zero-order valence-corrected chi connectivity index (χ0v) is 16.1. The Morgan fingerprint density at radius 2 is 1.87 bits per heavy atom. The Labute approximate surface area is 171 Å². The van der Waals surface area contributed by atoms with Crippen molar-refractivity contribution in [3.05, 3.63) is 89.5 Å². The molecule has 1 N–H and O–H groups in total. The summed E-state index contributed by atoms with van der Waals surface area (Å²) < 4.78 is 12.3. The van der Waals surface area contributed by atoms with Crippen molar-refractivity contribution in [2.45, 2.75) is 6.54 Å². The number of benzene rings is 2. The molecule has 0 aliphatic rings. The van der Waals surface area contributed by atoms with E-state index < -0.39 is 11.9 Å². The number of carbonyl (C=O) groups is 2. The van der Waals surface area contributed by atoms with Crippen LogP contribution in [0.15, 0.2) is 76.3 Å². The number of hydrogen-bond acceptors (Lipinski definition) is 5. The van der Waals surface area contributed by atoms with Gasteiger partial charge in [0, 0.05) is 28.9 Å². The van der Waals surface area contributed by atoms with E-state index in [1.54, 1.807) is 30.5 Å². The van der Waals surface area contributed by atoms with E-state index in [1.807, 2.05) is 35.0 Å². The lowest BCUT2D eigenvalue weighted by Gasteiger charge is -2.02. The Balaban J connectivity index is 1.62. The van der Waals surface area contributed by atoms with E-state index in [1.165, 1.54) is 19.2 Å². The van der Waals surface area contributed by atoms with Crippen molar-refractivity contribution >= 4 is 34.7 Å². The van der Waals surface area contributed by atoms with Gasteiger partial charge in [-0.1, -0.05) is 18.2 Å². The molecule has 0 saturated carbocycles. The number of methoxy groups -OCH3 is 1. The Morgan fingerprint density at radius 3 is 2.60 bits per heavy atom. The van der Waals surface area contributed by atoms with Crippen LogP contribution in [0.1, 0.15) is 32.2 Å². The first kappa shape index (κ1) is 19.2. The highest BCUT2D eigenvalue weighted by Gasteiger charge is 2.13. The summed E-state index contributed by atoms with van der Waals surface area (Å²) >= 11 is 0. The first-order valence-electron chi connectivity index (χ1n) is 9.17. The Bertz CT molecular complexity index is 1250. The number of ether oxygens (including phenoxy) is 1. The fraction of sp³-hybridized carbons (Fsp3) is 0.0870. The van der Waals surface area contributed by atoms with Gasteiger partial charge in [0.1, 0.15) is 5.76 Å². The van der Waals surface area contributed by atoms with Gasteiger partial charge in [-0.2, -0.15) is 0 Å². The van der Waals surface area contributed by atoms with Crippen LogP contribution >= 0.6 is 0 Å². The zero-order chi connectivity index (χ0) is 21.1. The molecule has 7 nitrogen and oxygen atoms in total. The number of furan rings is 1. The minimum atomic E-state index is -0.970. The summed E-state index contributed by atoms with van der Waals surface area (Å²) in [7, 11) is 1.31. The number of carboxylic acids is 1. The number of carbonyl (C=O) groups excluding carboxylic acids is 1. The van der Waals surface area contributed by atoms with Crippen LogP contribution in [0.5, 0.6) is 0 Å². The third kappa shape index (κ3) is 3.86. The molecule has 0 atom stereocenters. The second-order valence-corrected chi connectivity index (χ2v) is 6.60. The van der Waals surface area contributed by atoms with E-state index in [0.29, 0.717) is 18.0 Å². The number of nitrogens with zero attached hydrogens (tertiary/aromatic N) is 2. The number of aromatic nitrogens is 1. The molecule has 2 aromatic heterocycles. The fourth-order valence-electron chi connectivity index (χ4n) is 3.18. The lowest BCUT2D eigenvalue weighted by molar-refractivity contribution is 0.0562. The van der Waals surface area contributed by atoms with Gasteiger partial charge >= 0.3 is 11.9 Å². The van der Waals surface area contributed by atoms with Crippen molar-refractivity contribution in [1.82, 2.24) is 4.57 Å². The van der Waals surface area contributed by atoms with Crippen molar-refractivity contribution in [2.75, 3.05) is 7.11 Å². The third-order valence-corrected chi connectivity index (χ3v) is 4.66. The van der Waals surface area contributed by atoms with Crippen LogP contribution in [0.2, 0.25) is 0 Å². The number of carboxylic acid groups (broad SMARTS) is 1. The molecule has 4 aromatic rings. The average molecular weight is 402 g/mol. The second-order valence-electron chi connectivity index (χ2n) is 6.60. The molecule has 0 unspecified atom stereocenters. The summed E-state index contributed by atoms with van der Waals surface area (Å²) in [6.07, 6.45) is 3.71. The quantitative estimate of drug-likeness (QED) is 0.378. The first-order chi connectivity index (χ1) is 14.5. The zero-order valence-electron chi connectivity index (χ0n) is 16.1. The van der Waals surface area contributed by atoms with Crippen molar-refractivity contribution in [3.63, 3.8) is 0 Å². The maximum absolute atomic E-state index is 11.6. The van der Waals surface area contributed by atoms with Crippen LogP contribution in [-0.4, -0.2) is 34.9 Å². The summed E-state index contributed by atoms with van der Waals surface area (Å²) in [5, 5.41) is 10.0. The molecule has 0 fully saturated rings. The van der Waals surface area contributed by atoms with Gasteiger partial charge in [0.05, 0.1) is 24.9 Å². The Kier molecular flexibility index (Phi) is 5.17. The minimum Gasteiger partial charge on any atom is -0.478 e. The third-order valence-electron chi connectivity index (χ3n) is 4.66. The van der Waals surface area contributed by atoms with E-state index >= 15 is 0 Å². The SMILES string of the molecule is COC(=O)c1ccc(Cn2cc(C=Nc3ccc(C(=O)O)cc3)c3ccccc32)o1. The molecule has 2 aromatic carbocycles. The second kappa shape index (κ2) is 8.08. The van der Waals surface area contributed by atoms with Crippen molar-refractivity contribution in [1.29, 1.82) is 0 Å². The highest BCUT2D eigenvalue weighted by molar-refractivity contribution is 6.00. The molecule has 4 rings (SSSR count). The number of rotatable bonds is 6. The maximum atomic E-state index is 11.6. The maximum Gasteiger partial charge on any atom is 0.373 e. The van der Waals surface area contributed by atoms with E-state index in [2.05, 4.69) is 9.73 Å². The molecule has 7 heteroatoms. The number of aliphatic imine (C=N–C) groups is 1. The van der Waals surface area contributed by atoms with Crippen LogP contribution in [0, 0.1) is 0 Å². The van der Waals surface area contributed by atoms with Crippen molar-refractivity contribution < 1.29 is 23.8 Å². The predicted molar refractivity (Wildman–Crippen MR) is 112 cm³/mol. The number of esters is 1. The van der Waals surface area contributed by atoms with E-state index in [4.69, 9.17) is 9.52 Å². The monoisotopic (exact) mass is 402 g/mol. The molecule has 0 amide bonds. The van der Waals surface area contributed by atoms with Crippen LogP contribution < -0.4 is 0 Å². The van der Waals surface area contributed by atoms with Gasteiger partial charge in [-0.15, -0.1) is 0 Å². The number of para-hydroxylation sites is 1. The summed E-state index contributed by atoms with van der Waals surface area (Å²) in [5.41, 5.74) is 2.78. The number of aromatic carboxylic acids is 1. The van der Waals surface area contributed by atoms with Gasteiger partial charge in [-0.25, -0.2) is 9.59 Å². The highest BCUT2D eigenvalue weighted by atomic mass is 16.5. The number of fused-ring (bicyclic) bond motifs is 1. The van der Waals surface area contributed by atoms with Gasteiger partial charge in [-0.3, -0.25) is 4.99 Å². The highest BCUT2D eigenvalue weighted by Crippen LogP contribution is 2.23. The Morgan fingerprint density at radius 1 is 1.10 bits per heavy atom. The lowest BCUT2D eigenvalue weighted by atomic mass is 10.2. The summed E-state index contributed by atoms with van der Waals surface area (Å²) in [6, 6.07) is 17.6. The van der Waals surface area contributed by atoms with Crippen molar-refractivity contribution in [3.8, 4) is 0 Å². The molecule has 0 bridgehead atoms. The fourth-order valence-corrected chi connectivity index (χ4v) is 3.18. The first-order valence-corrected chi connectivity index (χ1v) is 9.17. The average Bonchev–Trinajstić information content (AvgIpc) is 3.37. The van der Waals surface area contributed by atoms with Gasteiger partial charge in [0.25, 0.3) is 0 Å². The van der Waals surface area contributed by atoms with Crippen LogP contribution in [0.4, 0.5) is 5.69 Å². The van der Waals surface area contributed by atoms with E-state index in [0.717, 1.165) is 16.5 Å². The molecule has 0 spiro atoms. The van der Waals surface area contributed by atoms with Crippen LogP contribution in [-0.2, 0) is 11.3 Å². The Hall–Kier alpha value is -4.13. The molecule has 0 radical (unpaired) electrons. The van der Waals surface area contributed by atoms with Crippen LogP contribution in [0.3, 0.4) is 0 Å². The lowest BCUT2D eigenvalue weighted by Crippen LogP contribution is -1.99. The van der Waals surface area contributed by atoms with Gasteiger partial charge in [0.15, 0.2) is 0 Å². The van der Waals surface area contributed by atoms with Crippen LogP contribution in [0.25, 0.3) is 10.9 Å². The summed E-state index contributed by atoms with van der Waals surface area (Å²) in [6.45, 7) is 0.443. The molecule has 30 heavy (non-hydrogen) atoms. The predicted octanol–water partition coefficient (Wildman–Crippen LogP) is 4.52. The van der Waals surface area contributed by atoms with Gasteiger partial charge in [0.2, 0.25) is 5.76 Å². The van der Waals surface area contributed by atoms with E-state index in [9.17, 15) is 9.59 Å². The smallest absolute Gasteiger partial charge is 0.373 e. The molecular formula is C23H18N2O5. The van der Waals surface area contributed by atoms with E-state index in [-0.39, 0.29) is 11.3 Å². The molecule has 0 saturated heterocycles. The molecule has 2 heterocycles. The summed E-state index contributed by atoms with van der Waals surface area (Å²) in [5.74, 6) is -0.693. The largest absolute Gasteiger partial charge is 0.478 e. The summed E-state index contributed by atoms with van der Waals surface area (Å²) in [4.78, 5) is 27.0. The molecule has 0 aliphatic carbocycles.